The average Bonchev–Trinajstić information content (AvgIpc) is 3.31. The first kappa shape index (κ1) is 13.9. The van der Waals surface area contributed by atoms with Gasteiger partial charge in [0, 0.05) is 41.3 Å². The molecule has 1 aliphatic carbocycles. The Kier molecular flexibility index (Phi) is 3.65. The molecule has 0 aliphatic heterocycles. The first-order valence-electron chi connectivity index (χ1n) is 7.85. The maximum absolute atomic E-state index is 6.32. The Labute approximate surface area is 135 Å². The number of nitrogens with one attached hydrogen (secondary N) is 1. The van der Waals surface area contributed by atoms with Gasteiger partial charge in [-0.2, -0.15) is 0 Å². The molecule has 2 aromatic carbocycles. The summed E-state index contributed by atoms with van der Waals surface area (Å²) in [7, 11) is 0. The van der Waals surface area contributed by atoms with Gasteiger partial charge in [-0.1, -0.05) is 48.0 Å². The average molecular weight is 311 g/mol. The second kappa shape index (κ2) is 5.79. The lowest BCUT2D eigenvalue weighted by Gasteiger charge is -2.07. The fourth-order valence-electron chi connectivity index (χ4n) is 2.95. The van der Waals surface area contributed by atoms with Crippen molar-refractivity contribution in [3.05, 3.63) is 70.9 Å². The molecule has 2 nitrogen and oxygen atoms in total. The van der Waals surface area contributed by atoms with Crippen LogP contribution in [0.5, 0.6) is 0 Å². The minimum absolute atomic E-state index is 0.727. The Balaban J connectivity index is 1.69. The van der Waals surface area contributed by atoms with Gasteiger partial charge < -0.3 is 9.88 Å². The Morgan fingerprint density at radius 1 is 1.00 bits per heavy atom. The molecule has 0 amide bonds. The largest absolute Gasteiger partial charge is 0.343 e. The molecule has 0 radical (unpaired) electrons. The summed E-state index contributed by atoms with van der Waals surface area (Å²) in [5, 5.41) is 5.78. The topological polar surface area (TPSA) is 17.0 Å². The molecule has 0 unspecified atom stereocenters. The minimum atomic E-state index is 0.727. The number of fused-ring (bicyclic) bond motifs is 1. The molecule has 22 heavy (non-hydrogen) atoms. The van der Waals surface area contributed by atoms with Crippen molar-refractivity contribution in [2.45, 2.75) is 32.0 Å². The van der Waals surface area contributed by atoms with E-state index >= 15 is 0 Å². The van der Waals surface area contributed by atoms with Crippen LogP contribution in [0.2, 0.25) is 5.02 Å². The van der Waals surface area contributed by atoms with Gasteiger partial charge >= 0.3 is 0 Å². The molecule has 3 aromatic rings. The van der Waals surface area contributed by atoms with Gasteiger partial charge in [0.25, 0.3) is 0 Å². The van der Waals surface area contributed by atoms with E-state index in [2.05, 4.69) is 46.4 Å². The third kappa shape index (κ3) is 2.77. The zero-order chi connectivity index (χ0) is 14.9. The Morgan fingerprint density at radius 2 is 1.77 bits per heavy atom. The van der Waals surface area contributed by atoms with Crippen molar-refractivity contribution < 1.29 is 0 Å². The van der Waals surface area contributed by atoms with E-state index in [4.69, 9.17) is 11.6 Å². The number of nitrogens with zero attached hydrogens (tertiary/aromatic N) is 1. The van der Waals surface area contributed by atoms with Crippen LogP contribution in [-0.4, -0.2) is 10.6 Å². The highest BCUT2D eigenvalue weighted by Crippen LogP contribution is 2.26. The summed E-state index contributed by atoms with van der Waals surface area (Å²) in [6.07, 6.45) is 4.90. The normalized spacial score (nSPS) is 14.6. The molecule has 4 rings (SSSR count). The van der Waals surface area contributed by atoms with Crippen molar-refractivity contribution in [1.29, 1.82) is 0 Å². The van der Waals surface area contributed by atoms with Crippen LogP contribution in [0.15, 0.2) is 54.7 Å². The molecule has 1 aromatic heterocycles. The summed E-state index contributed by atoms with van der Waals surface area (Å²) < 4.78 is 2.31. The molecule has 1 aliphatic rings. The summed E-state index contributed by atoms with van der Waals surface area (Å²) >= 11 is 6.32. The highest BCUT2D eigenvalue weighted by molar-refractivity contribution is 6.31. The van der Waals surface area contributed by atoms with Crippen molar-refractivity contribution in [2.24, 2.45) is 0 Å². The Bertz CT molecular complexity index is 802. The van der Waals surface area contributed by atoms with E-state index in [0.29, 0.717) is 0 Å². The number of rotatable bonds is 5. The number of hydrogen-bond donors (Lipinski definition) is 1. The second-order valence-electron chi connectivity index (χ2n) is 6.05. The number of aromatic nitrogens is 1. The van der Waals surface area contributed by atoms with Gasteiger partial charge in [-0.15, -0.1) is 0 Å². The van der Waals surface area contributed by atoms with E-state index in [1.165, 1.54) is 29.3 Å². The molecule has 1 N–H and O–H groups in total. The summed E-state index contributed by atoms with van der Waals surface area (Å²) in [5.74, 6) is 0. The smallest absolute Gasteiger partial charge is 0.0491 e. The lowest BCUT2D eigenvalue weighted by molar-refractivity contribution is 0.687. The van der Waals surface area contributed by atoms with E-state index in [1.807, 2.05) is 18.2 Å². The maximum Gasteiger partial charge on any atom is 0.0491 e. The van der Waals surface area contributed by atoms with Crippen molar-refractivity contribution in [2.75, 3.05) is 0 Å². The zero-order valence-electron chi connectivity index (χ0n) is 12.4. The van der Waals surface area contributed by atoms with Crippen LogP contribution in [-0.2, 0) is 13.1 Å². The molecule has 0 bridgehead atoms. The number of benzene rings is 2. The molecular formula is C19H19ClN2. The fourth-order valence-corrected chi connectivity index (χ4v) is 3.14. The molecule has 0 atom stereocenters. The first-order chi connectivity index (χ1) is 10.8. The lowest BCUT2D eigenvalue weighted by atomic mass is 10.2. The van der Waals surface area contributed by atoms with Crippen LogP contribution in [0.3, 0.4) is 0 Å². The van der Waals surface area contributed by atoms with Gasteiger partial charge in [-0.25, -0.2) is 0 Å². The third-order valence-corrected chi connectivity index (χ3v) is 4.70. The van der Waals surface area contributed by atoms with Gasteiger partial charge in [0.2, 0.25) is 0 Å². The van der Waals surface area contributed by atoms with E-state index in [9.17, 15) is 0 Å². The minimum Gasteiger partial charge on any atom is -0.343 e. The predicted octanol–water partition coefficient (Wildman–Crippen LogP) is 4.60. The lowest BCUT2D eigenvalue weighted by Crippen LogP contribution is -2.14. The van der Waals surface area contributed by atoms with Crippen molar-refractivity contribution >= 4 is 22.5 Å². The monoisotopic (exact) mass is 310 g/mol. The number of para-hydroxylation sites is 1. The van der Waals surface area contributed by atoms with E-state index in [-0.39, 0.29) is 0 Å². The first-order valence-corrected chi connectivity index (χ1v) is 8.22. The maximum atomic E-state index is 6.32. The quantitative estimate of drug-likeness (QED) is 0.729. The second-order valence-corrected chi connectivity index (χ2v) is 6.45. The van der Waals surface area contributed by atoms with Crippen LogP contribution in [0.4, 0.5) is 0 Å². The van der Waals surface area contributed by atoms with Crippen LogP contribution in [0, 0.1) is 0 Å². The predicted molar refractivity (Wildman–Crippen MR) is 92.4 cm³/mol. The molecule has 112 valence electrons. The van der Waals surface area contributed by atoms with Crippen LogP contribution in [0.1, 0.15) is 24.0 Å². The molecule has 0 saturated heterocycles. The third-order valence-electron chi connectivity index (χ3n) is 4.33. The van der Waals surface area contributed by atoms with Gasteiger partial charge in [0.05, 0.1) is 0 Å². The van der Waals surface area contributed by atoms with E-state index in [1.54, 1.807) is 0 Å². The Hall–Kier alpha value is -1.77. The summed E-state index contributed by atoms with van der Waals surface area (Å²) in [5.41, 5.74) is 3.80. The van der Waals surface area contributed by atoms with E-state index < -0.39 is 0 Å². The molecule has 1 heterocycles. The van der Waals surface area contributed by atoms with Gasteiger partial charge in [-0.3, -0.25) is 0 Å². The van der Waals surface area contributed by atoms with Crippen LogP contribution >= 0.6 is 11.6 Å². The number of halogens is 1. The van der Waals surface area contributed by atoms with Crippen molar-refractivity contribution in [3.63, 3.8) is 0 Å². The molecule has 1 fully saturated rings. The van der Waals surface area contributed by atoms with E-state index in [0.717, 1.165) is 29.7 Å². The Morgan fingerprint density at radius 3 is 2.59 bits per heavy atom. The van der Waals surface area contributed by atoms with Crippen molar-refractivity contribution in [3.8, 4) is 0 Å². The van der Waals surface area contributed by atoms with Gasteiger partial charge in [0.1, 0.15) is 0 Å². The zero-order valence-corrected chi connectivity index (χ0v) is 13.2. The summed E-state index contributed by atoms with van der Waals surface area (Å²) in [6, 6.07) is 17.4. The summed E-state index contributed by atoms with van der Waals surface area (Å²) in [6.45, 7) is 1.75. The van der Waals surface area contributed by atoms with Crippen molar-refractivity contribution in [1.82, 2.24) is 9.88 Å². The van der Waals surface area contributed by atoms with Crippen LogP contribution < -0.4 is 5.32 Å². The highest BCUT2D eigenvalue weighted by Gasteiger charge is 2.20. The standard InChI is InChI=1S/C19H19ClN2/c20-18-7-3-1-5-14(18)12-22-13-15(11-21-16-9-10-16)17-6-2-4-8-19(17)22/h1-8,13,16,21H,9-12H2. The van der Waals surface area contributed by atoms with Gasteiger partial charge in [-0.05, 0) is 36.1 Å². The molecule has 1 saturated carbocycles. The highest BCUT2D eigenvalue weighted by atomic mass is 35.5. The van der Waals surface area contributed by atoms with Gasteiger partial charge in [0.15, 0.2) is 0 Å². The fraction of sp³-hybridized carbons (Fsp3) is 0.263. The number of hydrogen-bond acceptors (Lipinski definition) is 1. The molecular weight excluding hydrogens is 292 g/mol. The molecule has 0 spiro atoms. The molecule has 3 heteroatoms. The SMILES string of the molecule is Clc1ccccc1Cn1cc(CNC2CC2)c2ccccc21. The van der Waals surface area contributed by atoms with Crippen LogP contribution in [0.25, 0.3) is 10.9 Å². The summed E-state index contributed by atoms with van der Waals surface area (Å²) in [4.78, 5) is 0.